The van der Waals surface area contributed by atoms with Crippen molar-refractivity contribution < 1.29 is 0 Å². The zero-order valence-corrected chi connectivity index (χ0v) is 9.36. The maximum atomic E-state index is 3.61. The molecule has 0 heterocycles. The van der Waals surface area contributed by atoms with Gasteiger partial charge in [-0.25, -0.2) is 0 Å². The lowest BCUT2D eigenvalue weighted by molar-refractivity contribution is 0.418. The van der Waals surface area contributed by atoms with Gasteiger partial charge in [-0.1, -0.05) is 33.1 Å². The third-order valence-electron chi connectivity index (χ3n) is 3.19. The minimum absolute atomic E-state index is 0.737. The number of hydrogen-bond acceptors (Lipinski definition) is 1. The van der Waals surface area contributed by atoms with Gasteiger partial charge < -0.3 is 5.32 Å². The monoisotopic (exact) mass is 183 g/mol. The highest BCUT2D eigenvalue weighted by Crippen LogP contribution is 2.48. The molecule has 0 spiro atoms. The van der Waals surface area contributed by atoms with E-state index in [9.17, 15) is 0 Å². The molecule has 1 heteroatoms. The minimum atomic E-state index is 0.737. The quantitative estimate of drug-likeness (QED) is 0.569. The number of hydrogen-bond donors (Lipinski definition) is 1. The summed E-state index contributed by atoms with van der Waals surface area (Å²) in [5, 5.41) is 3.61. The summed E-state index contributed by atoms with van der Waals surface area (Å²) >= 11 is 0. The Kier molecular flexibility index (Phi) is 4.79. The third kappa shape index (κ3) is 4.12. The van der Waals surface area contributed by atoms with Gasteiger partial charge in [-0.2, -0.15) is 0 Å². The van der Waals surface area contributed by atoms with E-state index < -0.39 is 0 Å². The van der Waals surface area contributed by atoms with Crippen molar-refractivity contribution in [3.8, 4) is 0 Å². The van der Waals surface area contributed by atoms with E-state index in [4.69, 9.17) is 0 Å². The summed E-state index contributed by atoms with van der Waals surface area (Å²) in [7, 11) is 0. The first kappa shape index (κ1) is 11.0. The van der Waals surface area contributed by atoms with Gasteiger partial charge in [0.1, 0.15) is 0 Å². The van der Waals surface area contributed by atoms with E-state index in [0.29, 0.717) is 0 Å². The molecule has 1 aliphatic rings. The van der Waals surface area contributed by atoms with Gasteiger partial charge in [0, 0.05) is 6.54 Å². The summed E-state index contributed by atoms with van der Waals surface area (Å²) in [6.07, 6.45) is 9.82. The van der Waals surface area contributed by atoms with E-state index in [2.05, 4.69) is 19.2 Å². The van der Waals surface area contributed by atoms with E-state index in [1.165, 1.54) is 58.0 Å². The SMILES string of the molecule is CCCCCNCC1(CCC)CC1. The molecule has 0 radical (unpaired) electrons. The fourth-order valence-corrected chi connectivity index (χ4v) is 2.08. The van der Waals surface area contributed by atoms with Crippen molar-refractivity contribution in [1.29, 1.82) is 0 Å². The van der Waals surface area contributed by atoms with Crippen LogP contribution in [0.2, 0.25) is 0 Å². The van der Waals surface area contributed by atoms with Crippen LogP contribution in [0.3, 0.4) is 0 Å². The number of nitrogens with one attached hydrogen (secondary N) is 1. The smallest absolute Gasteiger partial charge is 0.000781 e. The van der Waals surface area contributed by atoms with Crippen LogP contribution in [0.25, 0.3) is 0 Å². The molecule has 0 amide bonds. The summed E-state index contributed by atoms with van der Waals surface area (Å²) in [5.41, 5.74) is 0.737. The Morgan fingerprint density at radius 2 is 1.85 bits per heavy atom. The van der Waals surface area contributed by atoms with Crippen LogP contribution in [0.4, 0.5) is 0 Å². The Balaban J connectivity index is 1.93. The van der Waals surface area contributed by atoms with Crippen molar-refractivity contribution in [2.75, 3.05) is 13.1 Å². The molecule has 1 saturated carbocycles. The molecule has 0 aromatic carbocycles. The summed E-state index contributed by atoms with van der Waals surface area (Å²) in [6, 6.07) is 0. The maximum absolute atomic E-state index is 3.61. The van der Waals surface area contributed by atoms with Gasteiger partial charge in [0.05, 0.1) is 0 Å². The Morgan fingerprint density at radius 1 is 1.08 bits per heavy atom. The predicted molar refractivity (Wildman–Crippen MR) is 59.0 cm³/mol. The fourth-order valence-electron chi connectivity index (χ4n) is 2.08. The van der Waals surface area contributed by atoms with E-state index in [-0.39, 0.29) is 0 Å². The van der Waals surface area contributed by atoms with Gasteiger partial charge >= 0.3 is 0 Å². The number of unbranched alkanes of at least 4 members (excludes halogenated alkanes) is 2. The van der Waals surface area contributed by atoms with Crippen molar-refractivity contribution in [2.24, 2.45) is 5.41 Å². The first-order valence-electron chi connectivity index (χ1n) is 6.04. The van der Waals surface area contributed by atoms with Crippen LogP contribution in [-0.2, 0) is 0 Å². The van der Waals surface area contributed by atoms with Gasteiger partial charge in [-0.3, -0.25) is 0 Å². The van der Waals surface area contributed by atoms with Crippen LogP contribution in [0.1, 0.15) is 58.8 Å². The maximum Gasteiger partial charge on any atom is 0.000781 e. The lowest BCUT2D eigenvalue weighted by atomic mass is 10.0. The van der Waals surface area contributed by atoms with Gasteiger partial charge in [-0.15, -0.1) is 0 Å². The zero-order chi connectivity index (χ0) is 9.57. The molecule has 1 N–H and O–H groups in total. The summed E-state index contributed by atoms with van der Waals surface area (Å²) in [6.45, 7) is 7.08. The third-order valence-corrected chi connectivity index (χ3v) is 3.19. The second-order valence-electron chi connectivity index (χ2n) is 4.63. The molecule has 1 aliphatic carbocycles. The van der Waals surface area contributed by atoms with Crippen molar-refractivity contribution >= 4 is 0 Å². The van der Waals surface area contributed by atoms with Crippen LogP contribution in [0.5, 0.6) is 0 Å². The molecular formula is C12H25N. The second kappa shape index (κ2) is 5.64. The number of rotatable bonds is 8. The van der Waals surface area contributed by atoms with Gasteiger partial charge in [-0.05, 0) is 37.6 Å². The average molecular weight is 183 g/mol. The minimum Gasteiger partial charge on any atom is -0.316 e. The van der Waals surface area contributed by atoms with E-state index in [1.807, 2.05) is 0 Å². The first-order valence-corrected chi connectivity index (χ1v) is 6.04. The molecule has 0 bridgehead atoms. The van der Waals surface area contributed by atoms with Gasteiger partial charge in [0.2, 0.25) is 0 Å². The second-order valence-corrected chi connectivity index (χ2v) is 4.63. The van der Waals surface area contributed by atoms with Crippen LogP contribution in [0.15, 0.2) is 0 Å². The zero-order valence-electron chi connectivity index (χ0n) is 9.36. The lowest BCUT2D eigenvalue weighted by Crippen LogP contribution is -2.24. The average Bonchev–Trinajstić information content (AvgIpc) is 2.86. The normalized spacial score (nSPS) is 18.9. The lowest BCUT2D eigenvalue weighted by Gasteiger charge is -2.14. The van der Waals surface area contributed by atoms with Crippen molar-refractivity contribution in [2.45, 2.75) is 58.8 Å². The van der Waals surface area contributed by atoms with E-state index in [1.54, 1.807) is 0 Å². The molecule has 78 valence electrons. The Hall–Kier alpha value is -0.0400. The van der Waals surface area contributed by atoms with E-state index in [0.717, 1.165) is 5.41 Å². The van der Waals surface area contributed by atoms with Gasteiger partial charge in [0.25, 0.3) is 0 Å². The highest BCUT2D eigenvalue weighted by atomic mass is 14.9. The first-order chi connectivity index (χ1) is 6.33. The van der Waals surface area contributed by atoms with Crippen molar-refractivity contribution in [3.63, 3.8) is 0 Å². The van der Waals surface area contributed by atoms with Crippen molar-refractivity contribution in [1.82, 2.24) is 5.32 Å². The standard InChI is InChI=1S/C12H25N/c1-3-5-6-10-13-11-12(7-4-2)8-9-12/h13H,3-11H2,1-2H3. The highest BCUT2D eigenvalue weighted by molar-refractivity contribution is 4.94. The topological polar surface area (TPSA) is 12.0 Å². The molecule has 0 aromatic rings. The molecule has 0 aliphatic heterocycles. The summed E-state index contributed by atoms with van der Waals surface area (Å²) in [4.78, 5) is 0. The van der Waals surface area contributed by atoms with Crippen molar-refractivity contribution in [3.05, 3.63) is 0 Å². The molecular weight excluding hydrogens is 158 g/mol. The van der Waals surface area contributed by atoms with Crippen LogP contribution < -0.4 is 5.32 Å². The summed E-state index contributed by atoms with van der Waals surface area (Å²) < 4.78 is 0. The van der Waals surface area contributed by atoms with Crippen LogP contribution in [-0.4, -0.2) is 13.1 Å². The molecule has 0 aromatic heterocycles. The molecule has 13 heavy (non-hydrogen) atoms. The van der Waals surface area contributed by atoms with E-state index >= 15 is 0 Å². The molecule has 0 saturated heterocycles. The van der Waals surface area contributed by atoms with Crippen LogP contribution >= 0.6 is 0 Å². The highest BCUT2D eigenvalue weighted by Gasteiger charge is 2.40. The van der Waals surface area contributed by atoms with Crippen LogP contribution in [0, 0.1) is 5.41 Å². The predicted octanol–water partition coefficient (Wildman–Crippen LogP) is 3.35. The Labute approximate surface area is 83.3 Å². The molecule has 1 fully saturated rings. The fraction of sp³-hybridized carbons (Fsp3) is 1.00. The molecule has 1 rings (SSSR count). The van der Waals surface area contributed by atoms with Gasteiger partial charge in [0.15, 0.2) is 0 Å². The summed E-state index contributed by atoms with van der Waals surface area (Å²) in [5.74, 6) is 0. The largest absolute Gasteiger partial charge is 0.316 e. The molecule has 1 nitrogen and oxygen atoms in total. The molecule has 0 unspecified atom stereocenters. The Morgan fingerprint density at radius 3 is 2.38 bits per heavy atom. The Bertz CT molecular complexity index is 127. The molecule has 0 atom stereocenters.